The van der Waals surface area contributed by atoms with Gasteiger partial charge in [-0.2, -0.15) is 0 Å². The molecule has 1 N–H and O–H groups in total. The molecule has 0 saturated carbocycles. The normalized spacial score (nSPS) is 10.9. The van der Waals surface area contributed by atoms with Gasteiger partial charge in [-0.15, -0.1) is 11.3 Å². The maximum absolute atomic E-state index is 11.5. The van der Waals surface area contributed by atoms with E-state index in [1.54, 1.807) is 0 Å². The van der Waals surface area contributed by atoms with Gasteiger partial charge in [0, 0.05) is 15.5 Å². The number of benzene rings is 3. The van der Waals surface area contributed by atoms with Gasteiger partial charge in [-0.05, 0) is 23.6 Å². The largest absolute Gasteiger partial charge is 0.489 e. The summed E-state index contributed by atoms with van der Waals surface area (Å²) in [5, 5.41) is 12.4. The Labute approximate surface area is 154 Å². The molecule has 0 aliphatic carbocycles. The van der Waals surface area contributed by atoms with Crippen LogP contribution in [0.2, 0.25) is 0 Å². The van der Waals surface area contributed by atoms with Gasteiger partial charge in [0.1, 0.15) is 19.0 Å². The number of hydrogen-bond acceptors (Lipinski definition) is 4. The van der Waals surface area contributed by atoms with Crippen LogP contribution >= 0.6 is 11.3 Å². The molecule has 26 heavy (non-hydrogen) atoms. The van der Waals surface area contributed by atoms with Crippen molar-refractivity contribution in [2.75, 3.05) is 13.2 Å². The summed E-state index contributed by atoms with van der Waals surface area (Å²) >= 11 is 1.22. The maximum Gasteiger partial charge on any atom is 0.349 e. The molecule has 5 heteroatoms. The van der Waals surface area contributed by atoms with Crippen molar-refractivity contribution < 1.29 is 19.4 Å². The summed E-state index contributed by atoms with van der Waals surface area (Å²) < 4.78 is 12.5. The molecule has 4 aromatic rings. The summed E-state index contributed by atoms with van der Waals surface area (Å²) in [4.78, 5) is 11.7. The van der Waals surface area contributed by atoms with E-state index >= 15 is 0 Å². The third-order valence-electron chi connectivity index (χ3n) is 4.08. The molecule has 0 bridgehead atoms. The monoisotopic (exact) mass is 364 g/mol. The van der Waals surface area contributed by atoms with Crippen LogP contribution in [0.4, 0.5) is 0 Å². The molecule has 1 heterocycles. The highest BCUT2D eigenvalue weighted by Crippen LogP contribution is 2.37. The van der Waals surface area contributed by atoms with E-state index in [0.29, 0.717) is 12.4 Å². The summed E-state index contributed by atoms with van der Waals surface area (Å²) in [6, 6.07) is 21.5. The minimum absolute atomic E-state index is 0.219. The minimum Gasteiger partial charge on any atom is -0.489 e. The van der Waals surface area contributed by atoms with Crippen molar-refractivity contribution in [3.8, 4) is 11.5 Å². The second-order valence-corrected chi connectivity index (χ2v) is 6.79. The van der Waals surface area contributed by atoms with Gasteiger partial charge in [-0.25, -0.2) is 4.79 Å². The Morgan fingerprint density at radius 3 is 2.38 bits per heavy atom. The van der Waals surface area contributed by atoms with E-state index in [1.165, 1.54) is 11.3 Å². The predicted molar refractivity (Wildman–Crippen MR) is 104 cm³/mol. The Bertz CT molecular complexity index is 1080. The number of ether oxygens (including phenoxy) is 2. The van der Waals surface area contributed by atoms with Crippen molar-refractivity contribution >= 4 is 38.2 Å². The first-order valence-corrected chi connectivity index (χ1v) is 9.04. The van der Waals surface area contributed by atoms with Gasteiger partial charge in [0.2, 0.25) is 0 Å². The van der Waals surface area contributed by atoms with Crippen molar-refractivity contribution in [2.24, 2.45) is 0 Å². The number of hydrogen-bond donors (Lipinski definition) is 1. The molecule has 130 valence electrons. The molecule has 0 unspecified atom stereocenters. The number of carbonyl (C=O) groups is 1. The van der Waals surface area contributed by atoms with Gasteiger partial charge in [-0.3, -0.25) is 0 Å². The quantitative estimate of drug-likeness (QED) is 0.477. The van der Waals surface area contributed by atoms with Crippen LogP contribution in [0.25, 0.3) is 20.9 Å². The third-order valence-corrected chi connectivity index (χ3v) is 5.22. The molecule has 1 aromatic heterocycles. The number of carboxylic acid groups (broad SMARTS) is 1. The minimum atomic E-state index is -0.976. The molecule has 0 aliphatic heterocycles. The second-order valence-electron chi connectivity index (χ2n) is 5.74. The fourth-order valence-corrected chi connectivity index (χ4v) is 3.91. The highest BCUT2D eigenvalue weighted by molar-refractivity contribution is 7.21. The van der Waals surface area contributed by atoms with E-state index in [1.807, 2.05) is 66.7 Å². The lowest BCUT2D eigenvalue weighted by atomic mass is 10.1. The first-order chi connectivity index (χ1) is 12.7. The van der Waals surface area contributed by atoms with Crippen LogP contribution in [0.3, 0.4) is 0 Å². The van der Waals surface area contributed by atoms with Crippen molar-refractivity contribution in [3.63, 3.8) is 0 Å². The number of fused-ring (bicyclic) bond motifs is 2. The fourth-order valence-electron chi connectivity index (χ4n) is 2.92. The number of aromatic carboxylic acids is 1. The zero-order valence-corrected chi connectivity index (χ0v) is 14.7. The highest BCUT2D eigenvalue weighted by Gasteiger charge is 2.18. The zero-order chi connectivity index (χ0) is 17.9. The molecule has 0 spiro atoms. The van der Waals surface area contributed by atoms with Crippen molar-refractivity contribution in [1.82, 2.24) is 0 Å². The van der Waals surface area contributed by atoms with Crippen LogP contribution in [-0.2, 0) is 0 Å². The van der Waals surface area contributed by atoms with Gasteiger partial charge < -0.3 is 14.6 Å². The smallest absolute Gasteiger partial charge is 0.349 e. The van der Waals surface area contributed by atoms with Crippen LogP contribution in [0.5, 0.6) is 11.5 Å². The van der Waals surface area contributed by atoms with Gasteiger partial charge in [0.15, 0.2) is 10.6 Å². The molecule has 0 fully saturated rings. The SMILES string of the molecule is O=C(O)c1sc2ccccc2c1OCCOc1cccc2ccccc12. The Balaban J connectivity index is 1.49. The summed E-state index contributed by atoms with van der Waals surface area (Å²) in [6.45, 7) is 0.599. The van der Waals surface area contributed by atoms with E-state index in [9.17, 15) is 9.90 Å². The maximum atomic E-state index is 11.5. The fraction of sp³-hybridized carbons (Fsp3) is 0.0952. The highest BCUT2D eigenvalue weighted by atomic mass is 32.1. The van der Waals surface area contributed by atoms with Crippen molar-refractivity contribution in [1.29, 1.82) is 0 Å². The van der Waals surface area contributed by atoms with E-state index in [-0.39, 0.29) is 11.5 Å². The lowest BCUT2D eigenvalue weighted by Gasteiger charge is -2.10. The molecule has 3 aromatic carbocycles. The molecule has 0 atom stereocenters. The topological polar surface area (TPSA) is 55.8 Å². The van der Waals surface area contributed by atoms with Gasteiger partial charge in [0.25, 0.3) is 0 Å². The average molecular weight is 364 g/mol. The molecule has 0 aliphatic rings. The third kappa shape index (κ3) is 3.09. The summed E-state index contributed by atoms with van der Waals surface area (Å²) in [5.41, 5.74) is 0. The standard InChI is InChI=1S/C21H16O4S/c22-21(23)20-19(16-9-3-4-11-18(16)26-20)25-13-12-24-17-10-5-7-14-6-1-2-8-15(14)17/h1-11H,12-13H2,(H,22,23). The predicted octanol–water partition coefficient (Wildman–Crippen LogP) is 5.21. The van der Waals surface area contributed by atoms with Crippen LogP contribution in [0.15, 0.2) is 66.7 Å². The van der Waals surface area contributed by atoms with Crippen molar-refractivity contribution in [3.05, 3.63) is 71.6 Å². The van der Waals surface area contributed by atoms with Gasteiger partial charge >= 0.3 is 5.97 Å². The van der Waals surface area contributed by atoms with Crippen molar-refractivity contribution in [2.45, 2.75) is 0 Å². The van der Waals surface area contributed by atoms with E-state index in [4.69, 9.17) is 9.47 Å². The lowest BCUT2D eigenvalue weighted by Crippen LogP contribution is -2.10. The first-order valence-electron chi connectivity index (χ1n) is 8.22. The summed E-state index contributed by atoms with van der Waals surface area (Å²) in [7, 11) is 0. The molecule has 0 amide bonds. The van der Waals surface area contributed by atoms with Gasteiger partial charge in [0.05, 0.1) is 0 Å². The molecule has 0 radical (unpaired) electrons. The number of carboxylic acids is 1. The Morgan fingerprint density at radius 2 is 1.54 bits per heavy atom. The van der Waals surface area contributed by atoms with Gasteiger partial charge in [-0.1, -0.05) is 48.5 Å². The van der Waals surface area contributed by atoms with E-state index in [0.717, 1.165) is 26.6 Å². The van der Waals surface area contributed by atoms with Crippen LogP contribution in [0.1, 0.15) is 9.67 Å². The van der Waals surface area contributed by atoms with Crippen LogP contribution in [-0.4, -0.2) is 24.3 Å². The Kier molecular flexibility index (Phi) is 4.46. The van der Waals surface area contributed by atoms with E-state index in [2.05, 4.69) is 0 Å². The second kappa shape index (κ2) is 7.06. The zero-order valence-electron chi connectivity index (χ0n) is 13.8. The Morgan fingerprint density at radius 1 is 0.846 bits per heavy atom. The molecular weight excluding hydrogens is 348 g/mol. The summed E-state index contributed by atoms with van der Waals surface area (Å²) in [6.07, 6.45) is 0. The van der Waals surface area contributed by atoms with E-state index < -0.39 is 5.97 Å². The first kappa shape index (κ1) is 16.4. The lowest BCUT2D eigenvalue weighted by molar-refractivity contribution is 0.0697. The van der Waals surface area contributed by atoms with Crippen LogP contribution in [0, 0.1) is 0 Å². The Hall–Kier alpha value is -3.05. The average Bonchev–Trinajstić information content (AvgIpc) is 3.04. The molecule has 4 rings (SSSR count). The molecule has 4 nitrogen and oxygen atoms in total. The summed E-state index contributed by atoms with van der Waals surface area (Å²) in [5.74, 6) is 0.233. The molecule has 0 saturated heterocycles. The number of rotatable bonds is 6. The molecular formula is C21H16O4S. The number of thiophene rings is 1. The van der Waals surface area contributed by atoms with Crippen LogP contribution < -0.4 is 9.47 Å².